The van der Waals surface area contributed by atoms with Gasteiger partial charge in [-0.2, -0.15) is 0 Å². The van der Waals surface area contributed by atoms with Crippen LogP contribution < -0.4 is 11.1 Å². The van der Waals surface area contributed by atoms with Gasteiger partial charge in [-0.15, -0.1) is 0 Å². The molecular formula is C13H9F3N2S. The molecule has 0 saturated carbocycles. The smallest absolute Gasteiger partial charge is 0.128 e. The average molecular weight is 282 g/mol. The topological polar surface area (TPSA) is 38.0 Å². The van der Waals surface area contributed by atoms with Crippen LogP contribution in [-0.2, 0) is 0 Å². The van der Waals surface area contributed by atoms with E-state index < -0.39 is 17.5 Å². The number of nitrogens with two attached hydrogens (primary N) is 1. The fourth-order valence-corrected chi connectivity index (χ4v) is 1.78. The highest BCUT2D eigenvalue weighted by molar-refractivity contribution is 7.80. The molecule has 0 aliphatic heterocycles. The second-order valence-corrected chi connectivity index (χ2v) is 4.28. The zero-order chi connectivity index (χ0) is 14.0. The van der Waals surface area contributed by atoms with E-state index in [-0.39, 0.29) is 16.2 Å². The molecule has 0 aliphatic rings. The molecule has 19 heavy (non-hydrogen) atoms. The van der Waals surface area contributed by atoms with E-state index in [0.29, 0.717) is 5.69 Å². The maximum atomic E-state index is 13.1. The van der Waals surface area contributed by atoms with Crippen LogP contribution in [0.3, 0.4) is 0 Å². The Balaban J connectivity index is 2.40. The first kappa shape index (κ1) is 13.4. The summed E-state index contributed by atoms with van der Waals surface area (Å²) in [4.78, 5) is -0.0149. The highest BCUT2D eigenvalue weighted by Crippen LogP contribution is 2.23. The van der Waals surface area contributed by atoms with Crippen LogP contribution in [0, 0.1) is 17.5 Å². The number of nitrogens with one attached hydrogen (secondary N) is 1. The van der Waals surface area contributed by atoms with E-state index in [1.807, 2.05) is 0 Å². The molecule has 0 saturated heterocycles. The van der Waals surface area contributed by atoms with Crippen molar-refractivity contribution in [2.45, 2.75) is 0 Å². The third-order valence-corrected chi connectivity index (χ3v) is 2.61. The molecule has 0 unspecified atom stereocenters. The van der Waals surface area contributed by atoms with Crippen molar-refractivity contribution in [2.24, 2.45) is 5.73 Å². The number of thiocarbonyl (C=S) groups is 1. The van der Waals surface area contributed by atoms with E-state index in [0.717, 1.165) is 24.3 Å². The van der Waals surface area contributed by atoms with Crippen molar-refractivity contribution >= 4 is 28.6 Å². The minimum Gasteiger partial charge on any atom is -0.389 e. The summed E-state index contributed by atoms with van der Waals surface area (Å²) in [6, 6.07) is 6.71. The standard InChI is InChI=1S/C13H9F3N2S/c14-7-1-2-12(11(6-7)13(17)19)18-10-4-8(15)3-9(16)5-10/h1-6,18H,(H2,17,19). The predicted octanol–water partition coefficient (Wildman–Crippen LogP) is 3.48. The highest BCUT2D eigenvalue weighted by atomic mass is 32.1. The molecule has 3 N–H and O–H groups in total. The summed E-state index contributed by atoms with van der Waals surface area (Å²) in [5.41, 5.74) is 6.29. The second-order valence-electron chi connectivity index (χ2n) is 3.84. The first-order valence-corrected chi connectivity index (χ1v) is 5.69. The van der Waals surface area contributed by atoms with Gasteiger partial charge in [-0.25, -0.2) is 13.2 Å². The lowest BCUT2D eigenvalue weighted by Crippen LogP contribution is -2.12. The first-order chi connectivity index (χ1) is 8.95. The van der Waals surface area contributed by atoms with Crippen LogP contribution in [0.25, 0.3) is 0 Å². The van der Waals surface area contributed by atoms with Gasteiger partial charge in [-0.1, -0.05) is 12.2 Å². The van der Waals surface area contributed by atoms with Gasteiger partial charge in [0.05, 0.1) is 0 Å². The molecule has 2 aromatic rings. The van der Waals surface area contributed by atoms with Crippen LogP contribution in [-0.4, -0.2) is 4.99 Å². The fraction of sp³-hybridized carbons (Fsp3) is 0. The molecule has 2 rings (SSSR count). The quantitative estimate of drug-likeness (QED) is 0.846. The van der Waals surface area contributed by atoms with Crippen molar-refractivity contribution in [3.05, 3.63) is 59.4 Å². The minimum absolute atomic E-state index is 0.0149. The number of anilines is 2. The molecule has 2 aromatic carbocycles. The van der Waals surface area contributed by atoms with Gasteiger partial charge in [0.15, 0.2) is 0 Å². The zero-order valence-corrected chi connectivity index (χ0v) is 10.4. The maximum absolute atomic E-state index is 13.1. The van der Waals surface area contributed by atoms with Gasteiger partial charge in [0.2, 0.25) is 0 Å². The lowest BCUT2D eigenvalue weighted by atomic mass is 10.1. The third-order valence-electron chi connectivity index (χ3n) is 2.39. The van der Waals surface area contributed by atoms with E-state index in [1.54, 1.807) is 0 Å². The van der Waals surface area contributed by atoms with E-state index in [9.17, 15) is 13.2 Å². The van der Waals surface area contributed by atoms with Crippen molar-refractivity contribution in [1.29, 1.82) is 0 Å². The van der Waals surface area contributed by atoms with Crippen LogP contribution in [0.15, 0.2) is 36.4 Å². The molecule has 0 fully saturated rings. The molecular weight excluding hydrogens is 273 g/mol. The van der Waals surface area contributed by atoms with Crippen LogP contribution in [0.1, 0.15) is 5.56 Å². The van der Waals surface area contributed by atoms with Crippen molar-refractivity contribution < 1.29 is 13.2 Å². The van der Waals surface area contributed by atoms with Crippen LogP contribution in [0.5, 0.6) is 0 Å². The Bertz CT molecular complexity index is 624. The summed E-state index contributed by atoms with van der Waals surface area (Å²) < 4.78 is 39.2. The predicted molar refractivity (Wildman–Crippen MR) is 71.9 cm³/mol. The highest BCUT2D eigenvalue weighted by Gasteiger charge is 2.08. The van der Waals surface area contributed by atoms with Gasteiger partial charge in [-0.05, 0) is 30.3 Å². The average Bonchev–Trinajstić information content (AvgIpc) is 2.30. The molecule has 0 bridgehead atoms. The Morgan fingerprint density at radius 1 is 0.947 bits per heavy atom. The second kappa shape index (κ2) is 5.27. The monoisotopic (exact) mass is 282 g/mol. The van der Waals surface area contributed by atoms with Gasteiger partial charge >= 0.3 is 0 Å². The maximum Gasteiger partial charge on any atom is 0.128 e. The normalized spacial score (nSPS) is 10.3. The van der Waals surface area contributed by atoms with Crippen LogP contribution in [0.4, 0.5) is 24.5 Å². The summed E-state index contributed by atoms with van der Waals surface area (Å²) in [7, 11) is 0. The molecule has 0 atom stereocenters. The molecule has 0 heterocycles. The molecule has 0 aliphatic carbocycles. The minimum atomic E-state index is -0.721. The SMILES string of the molecule is NC(=S)c1cc(F)ccc1Nc1cc(F)cc(F)c1. The number of hydrogen-bond acceptors (Lipinski definition) is 2. The molecule has 0 spiro atoms. The van der Waals surface area contributed by atoms with Gasteiger partial charge < -0.3 is 11.1 Å². The lowest BCUT2D eigenvalue weighted by molar-refractivity contribution is 0.584. The van der Waals surface area contributed by atoms with Crippen molar-refractivity contribution in [3.8, 4) is 0 Å². The summed E-state index contributed by atoms with van der Waals surface area (Å²) in [5, 5.41) is 2.75. The van der Waals surface area contributed by atoms with Crippen molar-refractivity contribution in [1.82, 2.24) is 0 Å². The Morgan fingerprint density at radius 3 is 2.16 bits per heavy atom. The summed E-state index contributed by atoms with van der Waals surface area (Å²) in [6.07, 6.45) is 0. The molecule has 0 amide bonds. The molecule has 0 aromatic heterocycles. The molecule has 98 valence electrons. The van der Waals surface area contributed by atoms with Gasteiger partial charge in [0.25, 0.3) is 0 Å². The van der Waals surface area contributed by atoms with Crippen LogP contribution in [0.2, 0.25) is 0 Å². The number of benzene rings is 2. The summed E-state index contributed by atoms with van der Waals surface area (Å²) in [6.45, 7) is 0. The zero-order valence-electron chi connectivity index (χ0n) is 9.58. The molecule has 0 radical (unpaired) electrons. The Kier molecular flexibility index (Phi) is 3.71. The van der Waals surface area contributed by atoms with Crippen molar-refractivity contribution in [3.63, 3.8) is 0 Å². The number of hydrogen-bond donors (Lipinski definition) is 2. The Hall–Kier alpha value is -2.08. The molecule has 2 nitrogen and oxygen atoms in total. The van der Waals surface area contributed by atoms with Gasteiger partial charge in [0, 0.05) is 23.0 Å². The number of rotatable bonds is 3. The van der Waals surface area contributed by atoms with E-state index in [2.05, 4.69) is 5.32 Å². The lowest BCUT2D eigenvalue weighted by Gasteiger charge is -2.11. The Labute approximate surface area is 113 Å². The van der Waals surface area contributed by atoms with Crippen LogP contribution >= 0.6 is 12.2 Å². The fourth-order valence-electron chi connectivity index (χ4n) is 1.61. The first-order valence-electron chi connectivity index (χ1n) is 5.28. The summed E-state index contributed by atoms with van der Waals surface area (Å²) >= 11 is 4.80. The van der Waals surface area contributed by atoms with E-state index in [4.69, 9.17) is 18.0 Å². The van der Waals surface area contributed by atoms with E-state index >= 15 is 0 Å². The van der Waals surface area contributed by atoms with Gasteiger partial charge in [-0.3, -0.25) is 0 Å². The summed E-state index contributed by atoms with van der Waals surface area (Å²) in [5.74, 6) is -1.94. The third kappa shape index (κ3) is 3.23. The van der Waals surface area contributed by atoms with Crippen molar-refractivity contribution in [2.75, 3.05) is 5.32 Å². The number of halogens is 3. The Morgan fingerprint density at radius 2 is 1.58 bits per heavy atom. The molecule has 6 heteroatoms. The van der Waals surface area contributed by atoms with Gasteiger partial charge in [0.1, 0.15) is 22.4 Å². The largest absolute Gasteiger partial charge is 0.389 e. The van der Waals surface area contributed by atoms with E-state index in [1.165, 1.54) is 12.1 Å².